The van der Waals surface area contributed by atoms with Gasteiger partial charge in [-0.15, -0.1) is 22.7 Å². The number of thiophene rings is 2. The first-order valence-corrected chi connectivity index (χ1v) is 20.9. The molecule has 8 aromatic rings. The molecule has 0 amide bonds. The number of nitrogens with zero attached hydrogens (tertiary/aromatic N) is 1. The van der Waals surface area contributed by atoms with Crippen LogP contribution in [0.25, 0.3) is 52.5 Å². The first-order chi connectivity index (χ1) is 25.1. The average molecular weight is 720 g/mol. The zero-order chi connectivity index (χ0) is 35.0. The summed E-state index contributed by atoms with van der Waals surface area (Å²) in [5.41, 5.74) is 17.2. The molecule has 0 saturated heterocycles. The van der Waals surface area contributed by atoms with Crippen LogP contribution in [0.3, 0.4) is 0 Å². The predicted octanol–water partition coefficient (Wildman–Crippen LogP) is 10.1. The van der Waals surface area contributed by atoms with Crippen LogP contribution in [0.2, 0.25) is 0 Å². The summed E-state index contributed by atoms with van der Waals surface area (Å²) in [6.07, 6.45) is 0. The molecule has 6 heterocycles. The van der Waals surface area contributed by atoms with Crippen LogP contribution in [0.4, 0.5) is 11.4 Å². The first kappa shape index (κ1) is 30.3. The van der Waals surface area contributed by atoms with E-state index in [9.17, 15) is 0 Å². The van der Waals surface area contributed by atoms with E-state index in [2.05, 4.69) is 149 Å². The third-order valence-electron chi connectivity index (χ3n) is 12.2. The van der Waals surface area contributed by atoms with Gasteiger partial charge in [0.2, 0.25) is 0 Å². The number of hydrogen-bond donors (Lipinski definition) is 0. The molecule has 248 valence electrons. The predicted molar refractivity (Wildman–Crippen MR) is 232 cm³/mol. The third kappa shape index (κ3) is 3.73. The van der Waals surface area contributed by atoms with E-state index in [0.29, 0.717) is 0 Å². The highest BCUT2D eigenvalue weighted by Gasteiger charge is 2.52. The Labute approximate surface area is 317 Å². The fraction of sp³-hybridized carbons (Fsp3) is 0.174. The molecule has 4 aliphatic rings. The normalized spacial score (nSPS) is 14.9. The van der Waals surface area contributed by atoms with E-state index in [1.54, 1.807) is 0 Å². The molecule has 0 spiro atoms. The third-order valence-corrected chi connectivity index (χ3v) is 16.0. The molecular weight excluding hydrogens is 684 g/mol. The van der Waals surface area contributed by atoms with Crippen LogP contribution in [0.15, 0.2) is 113 Å². The lowest BCUT2D eigenvalue weighted by Crippen LogP contribution is -2.68. The summed E-state index contributed by atoms with van der Waals surface area (Å²) in [7, 11) is 0. The molecule has 0 bridgehead atoms. The van der Waals surface area contributed by atoms with Gasteiger partial charge in [-0.05, 0) is 84.0 Å². The smallest absolute Gasteiger partial charge is 0.329 e. The van der Waals surface area contributed by atoms with Crippen molar-refractivity contribution in [1.82, 2.24) is 0 Å². The molecule has 0 fully saturated rings. The fourth-order valence-electron chi connectivity index (χ4n) is 9.70. The van der Waals surface area contributed by atoms with E-state index in [-0.39, 0.29) is 24.4 Å². The summed E-state index contributed by atoms with van der Waals surface area (Å²) in [5, 5.41) is 4.14. The van der Waals surface area contributed by atoms with Gasteiger partial charge in [-0.25, -0.2) is 0 Å². The SMILES string of the molecule is CC(C)(C)c1ccc2c(c1)B1c3ccc4c(sc5ccccc54)c3-c3cc(C(C)(C)C)cc4c3N1c1c-2ccc2c1B4c1sc3ccccc3c1S2. The van der Waals surface area contributed by atoms with Crippen LogP contribution in [-0.2, 0) is 10.8 Å². The number of rotatable bonds is 0. The van der Waals surface area contributed by atoms with Gasteiger partial charge in [0.05, 0.1) is 0 Å². The lowest BCUT2D eigenvalue weighted by molar-refractivity contribution is 0.590. The van der Waals surface area contributed by atoms with Crippen molar-refractivity contribution in [3.05, 3.63) is 114 Å². The van der Waals surface area contributed by atoms with Crippen LogP contribution >= 0.6 is 34.4 Å². The highest BCUT2D eigenvalue weighted by Crippen LogP contribution is 2.53. The van der Waals surface area contributed by atoms with Gasteiger partial charge in [0.15, 0.2) is 0 Å². The van der Waals surface area contributed by atoms with E-state index in [4.69, 9.17) is 0 Å². The molecule has 4 aliphatic heterocycles. The molecule has 12 rings (SSSR count). The monoisotopic (exact) mass is 719 g/mol. The maximum atomic E-state index is 2.82. The van der Waals surface area contributed by atoms with Crippen molar-refractivity contribution in [3.63, 3.8) is 0 Å². The summed E-state index contributed by atoms with van der Waals surface area (Å²) in [6, 6.07) is 40.5. The summed E-state index contributed by atoms with van der Waals surface area (Å²) in [4.78, 5) is 5.68. The van der Waals surface area contributed by atoms with Gasteiger partial charge >= 0.3 is 6.85 Å². The Bertz CT molecular complexity index is 2940. The van der Waals surface area contributed by atoms with E-state index >= 15 is 0 Å². The van der Waals surface area contributed by atoms with Gasteiger partial charge in [-0.2, -0.15) is 0 Å². The second kappa shape index (κ2) is 9.85. The van der Waals surface area contributed by atoms with Crippen LogP contribution < -0.4 is 31.4 Å². The maximum Gasteiger partial charge on any atom is 0.329 e. The van der Waals surface area contributed by atoms with Crippen molar-refractivity contribution in [2.75, 3.05) is 4.81 Å². The summed E-state index contributed by atoms with van der Waals surface area (Å²) in [5.74, 6) is 0. The number of benzene rings is 6. The van der Waals surface area contributed by atoms with E-state index < -0.39 is 0 Å². The lowest BCUT2D eigenvalue weighted by atomic mass is 9.33. The summed E-state index contributed by atoms with van der Waals surface area (Å²) >= 11 is 6.00. The Balaban J connectivity index is 1.29. The molecule has 2 aromatic heterocycles. The minimum absolute atomic E-state index is 0.00985. The minimum Gasteiger partial charge on any atom is -0.377 e. The Hall–Kier alpha value is -4.22. The van der Waals surface area contributed by atoms with Crippen molar-refractivity contribution in [3.8, 4) is 22.3 Å². The van der Waals surface area contributed by atoms with Crippen LogP contribution in [0, 0.1) is 0 Å². The standard InChI is InChI=1S/C46H35B2NS3/c1-45(2,3)24-15-16-26-28-18-20-37-39-41(28)49-40-31(38-32(48(49)33(26)22-24)19-17-29-27-11-7-9-13-35(27)50-42(29)38)21-25(46(4,5)6)23-34(40)47(39)44-43(51-37)30-12-8-10-14-36(30)52-44/h7-23H,1-6H3. The van der Waals surface area contributed by atoms with Crippen LogP contribution in [0.1, 0.15) is 52.7 Å². The molecular formula is C46H35B2NS3. The molecule has 6 heteroatoms. The van der Waals surface area contributed by atoms with Crippen molar-refractivity contribution < 1.29 is 0 Å². The van der Waals surface area contributed by atoms with Crippen LogP contribution in [-0.4, -0.2) is 13.6 Å². The molecule has 1 nitrogen and oxygen atoms in total. The Kier molecular flexibility index (Phi) is 5.73. The first-order valence-electron chi connectivity index (χ1n) is 18.5. The number of anilines is 2. The molecule has 0 aliphatic carbocycles. The zero-order valence-corrected chi connectivity index (χ0v) is 32.6. The topological polar surface area (TPSA) is 3.24 Å². The van der Waals surface area contributed by atoms with E-state index in [0.717, 1.165) is 0 Å². The van der Waals surface area contributed by atoms with Gasteiger partial charge in [0, 0.05) is 62.6 Å². The zero-order valence-electron chi connectivity index (χ0n) is 30.1. The number of hydrogen-bond acceptors (Lipinski definition) is 4. The fourth-order valence-corrected chi connectivity index (χ4v) is 13.7. The summed E-state index contributed by atoms with van der Waals surface area (Å²) < 4.78 is 5.69. The number of fused-ring (bicyclic) bond motifs is 15. The highest BCUT2D eigenvalue weighted by atomic mass is 32.2. The van der Waals surface area contributed by atoms with Crippen molar-refractivity contribution in [2.45, 2.75) is 62.2 Å². The van der Waals surface area contributed by atoms with Crippen molar-refractivity contribution in [1.29, 1.82) is 0 Å². The Morgan fingerprint density at radius 1 is 0.558 bits per heavy atom. The highest BCUT2D eigenvalue weighted by molar-refractivity contribution is 8.00. The van der Waals surface area contributed by atoms with E-state index in [1.165, 1.54) is 111 Å². The largest absolute Gasteiger partial charge is 0.377 e. The minimum atomic E-state index is -0.00985. The van der Waals surface area contributed by atoms with Gasteiger partial charge in [-0.3, -0.25) is 0 Å². The van der Waals surface area contributed by atoms with Crippen LogP contribution in [0.5, 0.6) is 0 Å². The maximum absolute atomic E-state index is 2.82. The molecule has 0 radical (unpaired) electrons. The van der Waals surface area contributed by atoms with E-state index in [1.807, 2.05) is 34.4 Å². The quantitative estimate of drug-likeness (QED) is 0.144. The Morgan fingerprint density at radius 3 is 2.06 bits per heavy atom. The van der Waals surface area contributed by atoms with Gasteiger partial charge in [-0.1, -0.05) is 132 Å². The molecule has 0 atom stereocenters. The van der Waals surface area contributed by atoms with Crippen molar-refractivity contribution >= 4 is 116 Å². The molecule has 6 aromatic carbocycles. The molecule has 0 unspecified atom stereocenters. The van der Waals surface area contributed by atoms with Gasteiger partial charge in [0.25, 0.3) is 6.71 Å². The van der Waals surface area contributed by atoms with Crippen molar-refractivity contribution in [2.24, 2.45) is 0 Å². The average Bonchev–Trinajstić information content (AvgIpc) is 3.70. The lowest BCUT2D eigenvalue weighted by Gasteiger charge is -2.50. The second-order valence-corrected chi connectivity index (χ2v) is 20.4. The second-order valence-electron chi connectivity index (χ2n) is 17.2. The summed E-state index contributed by atoms with van der Waals surface area (Å²) in [6.45, 7) is 14.5. The Morgan fingerprint density at radius 2 is 1.27 bits per heavy atom. The molecule has 0 saturated carbocycles. The molecule has 0 N–H and O–H groups in total. The van der Waals surface area contributed by atoms with Gasteiger partial charge in [0.1, 0.15) is 0 Å². The molecule has 52 heavy (non-hydrogen) atoms. The van der Waals surface area contributed by atoms with Gasteiger partial charge < -0.3 is 4.81 Å².